The summed E-state index contributed by atoms with van der Waals surface area (Å²) in [5, 5.41) is 4.01. The molecular formula is C29H31ClN2O3. The van der Waals surface area contributed by atoms with E-state index in [9.17, 15) is 4.79 Å². The molecule has 3 aromatic rings. The highest BCUT2D eigenvalue weighted by Gasteiger charge is 2.31. The molecule has 1 atom stereocenters. The van der Waals surface area contributed by atoms with Gasteiger partial charge in [-0.1, -0.05) is 48.0 Å². The van der Waals surface area contributed by atoms with Crippen molar-refractivity contribution in [1.82, 2.24) is 10.2 Å². The number of rotatable bonds is 7. The second kappa shape index (κ2) is 10.3. The number of nitrogens with zero attached hydrogens (tertiary/aromatic N) is 1. The summed E-state index contributed by atoms with van der Waals surface area (Å²) in [5.74, 6) is 1.53. The number of hydrogen-bond acceptors (Lipinski definition) is 4. The Balaban J connectivity index is 1.36. The zero-order valence-electron chi connectivity index (χ0n) is 20.2. The fraction of sp³-hybridized carbons (Fsp3) is 0.345. The smallest absolute Gasteiger partial charge is 0.234 e. The third kappa shape index (κ3) is 5.16. The SMILES string of the molecule is COc1cc2c(cc1OC)C(Cc1ccc(Cl)cc1)N(CC(=O)NC1Cc3ccccc3C1)CC2. The minimum absolute atomic E-state index is 0.0475. The van der Waals surface area contributed by atoms with Crippen molar-refractivity contribution in [3.8, 4) is 11.5 Å². The van der Waals surface area contributed by atoms with Crippen molar-refractivity contribution in [2.24, 2.45) is 0 Å². The molecular weight excluding hydrogens is 460 g/mol. The van der Waals surface area contributed by atoms with Gasteiger partial charge in [-0.05, 0) is 77.8 Å². The van der Waals surface area contributed by atoms with Crippen molar-refractivity contribution in [3.05, 3.63) is 93.5 Å². The molecule has 0 saturated carbocycles. The summed E-state index contributed by atoms with van der Waals surface area (Å²) >= 11 is 6.13. The van der Waals surface area contributed by atoms with Gasteiger partial charge in [0.25, 0.3) is 0 Å². The fourth-order valence-corrected chi connectivity index (χ4v) is 5.60. The van der Waals surface area contributed by atoms with Crippen molar-refractivity contribution >= 4 is 17.5 Å². The number of halogens is 1. The molecule has 5 rings (SSSR count). The molecule has 0 spiro atoms. The van der Waals surface area contributed by atoms with Crippen LogP contribution in [0.15, 0.2) is 60.7 Å². The predicted octanol–water partition coefficient (Wildman–Crippen LogP) is 4.78. The number of nitrogens with one attached hydrogen (secondary N) is 1. The first-order valence-electron chi connectivity index (χ1n) is 12.1. The molecule has 1 unspecified atom stereocenters. The van der Waals surface area contributed by atoms with E-state index in [2.05, 4.69) is 58.7 Å². The molecule has 6 heteroatoms. The Labute approximate surface area is 212 Å². The zero-order valence-corrected chi connectivity index (χ0v) is 21.0. The van der Waals surface area contributed by atoms with E-state index in [1.165, 1.54) is 27.8 Å². The van der Waals surface area contributed by atoms with Gasteiger partial charge in [-0.2, -0.15) is 0 Å². The van der Waals surface area contributed by atoms with E-state index in [1.807, 2.05) is 12.1 Å². The number of amides is 1. The van der Waals surface area contributed by atoms with Gasteiger partial charge >= 0.3 is 0 Å². The van der Waals surface area contributed by atoms with Gasteiger partial charge in [0.05, 0.1) is 20.8 Å². The number of fused-ring (bicyclic) bond motifs is 2. The monoisotopic (exact) mass is 490 g/mol. The number of ether oxygens (including phenoxy) is 2. The zero-order chi connectivity index (χ0) is 24.4. The molecule has 3 aromatic carbocycles. The lowest BCUT2D eigenvalue weighted by molar-refractivity contribution is -0.123. The molecule has 0 bridgehead atoms. The number of methoxy groups -OCH3 is 2. The van der Waals surface area contributed by atoms with E-state index >= 15 is 0 Å². The molecule has 0 aromatic heterocycles. The lowest BCUT2D eigenvalue weighted by atomic mass is 9.88. The van der Waals surface area contributed by atoms with Crippen molar-refractivity contribution in [3.63, 3.8) is 0 Å². The minimum Gasteiger partial charge on any atom is -0.493 e. The first kappa shape index (κ1) is 23.7. The highest BCUT2D eigenvalue weighted by Crippen LogP contribution is 2.39. The Morgan fingerprint density at radius 3 is 2.29 bits per heavy atom. The second-order valence-electron chi connectivity index (χ2n) is 9.41. The first-order valence-corrected chi connectivity index (χ1v) is 12.5. The topological polar surface area (TPSA) is 50.8 Å². The van der Waals surface area contributed by atoms with Crippen LogP contribution >= 0.6 is 11.6 Å². The van der Waals surface area contributed by atoms with Gasteiger partial charge in [0.2, 0.25) is 5.91 Å². The number of carbonyl (C=O) groups is 1. The van der Waals surface area contributed by atoms with Gasteiger partial charge in [0.1, 0.15) is 0 Å². The summed E-state index contributed by atoms with van der Waals surface area (Å²) in [6.07, 6.45) is 3.43. The van der Waals surface area contributed by atoms with Crippen molar-refractivity contribution in [1.29, 1.82) is 0 Å². The van der Waals surface area contributed by atoms with Crippen LogP contribution < -0.4 is 14.8 Å². The summed E-state index contributed by atoms with van der Waals surface area (Å²) in [6.45, 7) is 1.16. The molecule has 1 N–H and O–H groups in total. The molecule has 1 heterocycles. The second-order valence-corrected chi connectivity index (χ2v) is 9.85. The molecule has 182 valence electrons. The minimum atomic E-state index is 0.0475. The van der Waals surface area contributed by atoms with Crippen LogP contribution in [-0.2, 0) is 30.5 Å². The van der Waals surface area contributed by atoms with Crippen molar-refractivity contribution in [2.45, 2.75) is 37.8 Å². The Morgan fingerprint density at radius 1 is 0.971 bits per heavy atom. The third-order valence-electron chi connectivity index (χ3n) is 7.22. The lowest BCUT2D eigenvalue weighted by Gasteiger charge is -2.37. The van der Waals surface area contributed by atoms with Crippen LogP contribution in [0.4, 0.5) is 0 Å². The Bertz CT molecular complexity index is 1190. The van der Waals surface area contributed by atoms with Crippen LogP contribution in [0.25, 0.3) is 0 Å². The van der Waals surface area contributed by atoms with Gasteiger partial charge in [-0.25, -0.2) is 0 Å². The van der Waals surface area contributed by atoms with E-state index in [-0.39, 0.29) is 18.0 Å². The highest BCUT2D eigenvalue weighted by molar-refractivity contribution is 6.30. The van der Waals surface area contributed by atoms with Crippen LogP contribution in [0.5, 0.6) is 11.5 Å². The molecule has 1 aliphatic heterocycles. The number of hydrogen-bond donors (Lipinski definition) is 1. The number of carbonyl (C=O) groups excluding carboxylic acids is 1. The van der Waals surface area contributed by atoms with Crippen LogP contribution in [0.1, 0.15) is 33.9 Å². The highest BCUT2D eigenvalue weighted by atomic mass is 35.5. The van der Waals surface area contributed by atoms with E-state index in [1.54, 1.807) is 14.2 Å². The van der Waals surface area contributed by atoms with Gasteiger partial charge in [0.15, 0.2) is 11.5 Å². The molecule has 5 nitrogen and oxygen atoms in total. The molecule has 0 fully saturated rings. The molecule has 1 aliphatic carbocycles. The van der Waals surface area contributed by atoms with Crippen molar-refractivity contribution in [2.75, 3.05) is 27.3 Å². The molecule has 35 heavy (non-hydrogen) atoms. The van der Waals surface area contributed by atoms with Crippen LogP contribution in [0.2, 0.25) is 5.02 Å². The van der Waals surface area contributed by atoms with E-state index in [4.69, 9.17) is 21.1 Å². The maximum absolute atomic E-state index is 13.2. The normalized spacial score (nSPS) is 17.5. The maximum atomic E-state index is 13.2. The Hall–Kier alpha value is -3.02. The summed E-state index contributed by atoms with van der Waals surface area (Å²) < 4.78 is 11.2. The van der Waals surface area contributed by atoms with E-state index in [0.717, 1.165) is 43.0 Å². The summed E-state index contributed by atoms with van der Waals surface area (Å²) in [6, 6.07) is 20.8. The van der Waals surface area contributed by atoms with Crippen molar-refractivity contribution < 1.29 is 14.3 Å². The fourth-order valence-electron chi connectivity index (χ4n) is 5.47. The predicted molar refractivity (Wildman–Crippen MR) is 139 cm³/mol. The standard InChI is InChI=1S/C29H31ClN2O3/c1-34-27-16-22-11-12-32(18-29(33)31-24-14-20-5-3-4-6-21(20)15-24)26(25(22)17-28(27)35-2)13-19-7-9-23(30)10-8-19/h3-10,16-17,24,26H,11-15,18H2,1-2H3,(H,31,33). The quantitative estimate of drug-likeness (QED) is 0.517. The van der Waals surface area contributed by atoms with Gasteiger partial charge < -0.3 is 14.8 Å². The lowest BCUT2D eigenvalue weighted by Crippen LogP contribution is -2.46. The Morgan fingerprint density at radius 2 is 1.63 bits per heavy atom. The molecule has 1 amide bonds. The number of benzene rings is 3. The Kier molecular flexibility index (Phi) is 6.98. The maximum Gasteiger partial charge on any atom is 0.234 e. The first-order chi connectivity index (χ1) is 17.0. The average molecular weight is 491 g/mol. The van der Waals surface area contributed by atoms with Gasteiger partial charge in [-0.3, -0.25) is 9.69 Å². The average Bonchev–Trinajstić information content (AvgIpc) is 3.28. The van der Waals surface area contributed by atoms with E-state index in [0.29, 0.717) is 12.3 Å². The summed E-state index contributed by atoms with van der Waals surface area (Å²) in [4.78, 5) is 15.5. The largest absolute Gasteiger partial charge is 0.493 e. The summed E-state index contributed by atoms with van der Waals surface area (Å²) in [7, 11) is 3.32. The summed E-state index contributed by atoms with van der Waals surface area (Å²) in [5.41, 5.74) is 6.28. The van der Waals surface area contributed by atoms with Crippen LogP contribution in [-0.4, -0.2) is 44.2 Å². The van der Waals surface area contributed by atoms with Gasteiger partial charge in [-0.15, -0.1) is 0 Å². The van der Waals surface area contributed by atoms with E-state index < -0.39 is 0 Å². The third-order valence-corrected chi connectivity index (χ3v) is 7.47. The molecule has 0 radical (unpaired) electrons. The van der Waals surface area contributed by atoms with Gasteiger partial charge in [0, 0.05) is 23.7 Å². The van der Waals surface area contributed by atoms with Crippen LogP contribution in [0.3, 0.4) is 0 Å². The van der Waals surface area contributed by atoms with Crippen LogP contribution in [0, 0.1) is 0 Å². The molecule has 0 saturated heterocycles. The molecule has 2 aliphatic rings.